The van der Waals surface area contributed by atoms with Gasteiger partial charge in [0.05, 0.1) is 11.9 Å². The van der Waals surface area contributed by atoms with Gasteiger partial charge in [-0.15, -0.1) is 0 Å². The molecule has 1 heterocycles. The first-order chi connectivity index (χ1) is 6.79. The van der Waals surface area contributed by atoms with Crippen LogP contribution >= 0.6 is 0 Å². The molecular formula is C10H11N3O. The monoisotopic (exact) mass is 189 g/mol. The summed E-state index contributed by atoms with van der Waals surface area (Å²) >= 11 is 0. The van der Waals surface area contributed by atoms with Gasteiger partial charge in [0, 0.05) is 12.6 Å². The summed E-state index contributed by atoms with van der Waals surface area (Å²) in [6, 6.07) is 9.75. The van der Waals surface area contributed by atoms with Crippen LogP contribution in [-0.2, 0) is 0 Å². The van der Waals surface area contributed by atoms with E-state index in [1.807, 2.05) is 30.3 Å². The molecule has 14 heavy (non-hydrogen) atoms. The van der Waals surface area contributed by atoms with E-state index in [-0.39, 0.29) is 0 Å². The molecule has 0 aliphatic rings. The third-order valence-corrected chi connectivity index (χ3v) is 2.03. The molecular weight excluding hydrogens is 178 g/mol. The Kier molecular flexibility index (Phi) is 2.20. The molecule has 0 radical (unpaired) electrons. The van der Waals surface area contributed by atoms with E-state index in [2.05, 4.69) is 10.2 Å². The zero-order valence-corrected chi connectivity index (χ0v) is 7.81. The second-order valence-electron chi connectivity index (χ2n) is 3.02. The Morgan fingerprint density at radius 2 is 2.00 bits per heavy atom. The Balaban J connectivity index is 2.47. The first-order valence-corrected chi connectivity index (χ1v) is 4.30. The van der Waals surface area contributed by atoms with Crippen molar-refractivity contribution in [2.45, 2.75) is 0 Å². The molecule has 0 aliphatic carbocycles. The van der Waals surface area contributed by atoms with E-state index >= 15 is 0 Å². The number of hydroxylamine groups is 1. The van der Waals surface area contributed by atoms with Crippen molar-refractivity contribution >= 4 is 5.69 Å². The van der Waals surface area contributed by atoms with Gasteiger partial charge in [-0.3, -0.25) is 15.4 Å². The Morgan fingerprint density at radius 1 is 1.29 bits per heavy atom. The number of hydrogen-bond acceptors (Lipinski definition) is 3. The first kappa shape index (κ1) is 8.77. The Morgan fingerprint density at radius 3 is 2.64 bits per heavy atom. The van der Waals surface area contributed by atoms with Gasteiger partial charge in [0.15, 0.2) is 0 Å². The molecule has 1 aromatic carbocycles. The van der Waals surface area contributed by atoms with Gasteiger partial charge < -0.3 is 0 Å². The Hall–Kier alpha value is -1.81. The summed E-state index contributed by atoms with van der Waals surface area (Å²) < 4.78 is 0. The third-order valence-electron chi connectivity index (χ3n) is 2.03. The van der Waals surface area contributed by atoms with Crippen LogP contribution in [0.3, 0.4) is 0 Å². The van der Waals surface area contributed by atoms with E-state index in [0.717, 1.165) is 16.3 Å². The lowest BCUT2D eigenvalue weighted by molar-refractivity contribution is 0.280. The molecule has 0 saturated heterocycles. The maximum Gasteiger partial charge on any atom is 0.109 e. The lowest BCUT2D eigenvalue weighted by Gasteiger charge is -2.09. The average Bonchev–Trinajstić information content (AvgIpc) is 2.67. The number of H-pyrrole nitrogens is 1. The highest BCUT2D eigenvalue weighted by Crippen LogP contribution is 2.26. The van der Waals surface area contributed by atoms with Crippen molar-refractivity contribution in [3.05, 3.63) is 36.5 Å². The molecule has 2 N–H and O–H groups in total. The number of nitrogens with one attached hydrogen (secondary N) is 1. The highest BCUT2D eigenvalue weighted by atomic mass is 16.5. The topological polar surface area (TPSA) is 52.1 Å². The van der Waals surface area contributed by atoms with Crippen LogP contribution in [0, 0.1) is 0 Å². The second-order valence-corrected chi connectivity index (χ2v) is 3.02. The number of aromatic amines is 1. The SMILES string of the molecule is CN(O)c1cn[nH]c1-c1ccccc1. The Bertz CT molecular complexity index is 408. The maximum atomic E-state index is 9.33. The number of anilines is 1. The van der Waals surface area contributed by atoms with Gasteiger partial charge in [-0.2, -0.15) is 5.10 Å². The second kappa shape index (κ2) is 3.51. The fraction of sp³-hybridized carbons (Fsp3) is 0.100. The Labute approximate surface area is 81.8 Å². The van der Waals surface area contributed by atoms with Crippen molar-refractivity contribution in [1.82, 2.24) is 10.2 Å². The number of benzene rings is 1. The van der Waals surface area contributed by atoms with Gasteiger partial charge in [-0.1, -0.05) is 30.3 Å². The van der Waals surface area contributed by atoms with Gasteiger partial charge in [0.25, 0.3) is 0 Å². The molecule has 0 unspecified atom stereocenters. The maximum absolute atomic E-state index is 9.33. The highest BCUT2D eigenvalue weighted by Gasteiger charge is 2.09. The molecule has 2 aromatic rings. The van der Waals surface area contributed by atoms with Crippen molar-refractivity contribution in [2.75, 3.05) is 12.1 Å². The summed E-state index contributed by atoms with van der Waals surface area (Å²) in [6.45, 7) is 0. The van der Waals surface area contributed by atoms with Crippen molar-refractivity contribution < 1.29 is 5.21 Å². The standard InChI is InChI=1S/C10H11N3O/c1-13(14)9-7-11-12-10(9)8-5-3-2-4-6-8/h2-7,14H,1H3,(H,11,12). The molecule has 72 valence electrons. The highest BCUT2D eigenvalue weighted by molar-refractivity contribution is 5.73. The molecule has 2 rings (SSSR count). The van der Waals surface area contributed by atoms with Crippen molar-refractivity contribution in [3.8, 4) is 11.3 Å². The van der Waals surface area contributed by atoms with Crippen LogP contribution in [0.2, 0.25) is 0 Å². The summed E-state index contributed by atoms with van der Waals surface area (Å²) in [5.41, 5.74) is 2.48. The van der Waals surface area contributed by atoms with Crippen molar-refractivity contribution in [1.29, 1.82) is 0 Å². The molecule has 0 amide bonds. The van der Waals surface area contributed by atoms with Gasteiger partial charge in [-0.25, -0.2) is 0 Å². The fourth-order valence-corrected chi connectivity index (χ4v) is 1.34. The number of aromatic nitrogens is 2. The van der Waals surface area contributed by atoms with E-state index in [4.69, 9.17) is 0 Å². The molecule has 4 heteroatoms. The number of nitrogens with zero attached hydrogens (tertiary/aromatic N) is 2. The third kappa shape index (κ3) is 1.47. The quantitative estimate of drug-likeness (QED) is 0.709. The van der Waals surface area contributed by atoms with Gasteiger partial charge in [0.2, 0.25) is 0 Å². The normalized spacial score (nSPS) is 10.1. The molecule has 0 atom stereocenters. The van der Waals surface area contributed by atoms with Gasteiger partial charge in [-0.05, 0) is 0 Å². The molecule has 0 saturated carbocycles. The lowest BCUT2D eigenvalue weighted by atomic mass is 10.1. The van der Waals surface area contributed by atoms with Gasteiger partial charge >= 0.3 is 0 Å². The van der Waals surface area contributed by atoms with Crippen LogP contribution in [0.1, 0.15) is 0 Å². The van der Waals surface area contributed by atoms with E-state index in [1.54, 1.807) is 13.2 Å². The molecule has 0 bridgehead atoms. The molecule has 4 nitrogen and oxygen atoms in total. The van der Waals surface area contributed by atoms with Crippen LogP contribution < -0.4 is 5.06 Å². The van der Waals surface area contributed by atoms with E-state index in [0.29, 0.717) is 5.69 Å². The largest absolute Gasteiger partial charge is 0.289 e. The summed E-state index contributed by atoms with van der Waals surface area (Å²) in [7, 11) is 1.57. The molecule has 0 aliphatic heterocycles. The minimum atomic E-state index is 0.663. The van der Waals surface area contributed by atoms with Crippen LogP contribution in [0.4, 0.5) is 5.69 Å². The van der Waals surface area contributed by atoms with E-state index in [9.17, 15) is 5.21 Å². The van der Waals surface area contributed by atoms with Crippen LogP contribution in [-0.4, -0.2) is 22.5 Å². The smallest absolute Gasteiger partial charge is 0.109 e. The minimum absolute atomic E-state index is 0.663. The van der Waals surface area contributed by atoms with Crippen LogP contribution in [0.25, 0.3) is 11.3 Å². The summed E-state index contributed by atoms with van der Waals surface area (Å²) in [6.07, 6.45) is 1.59. The van der Waals surface area contributed by atoms with E-state index < -0.39 is 0 Å². The zero-order valence-electron chi connectivity index (χ0n) is 7.81. The molecule has 1 aromatic heterocycles. The summed E-state index contributed by atoms with van der Waals surface area (Å²) in [5.74, 6) is 0. The zero-order chi connectivity index (χ0) is 9.97. The lowest BCUT2D eigenvalue weighted by Crippen LogP contribution is -2.09. The average molecular weight is 189 g/mol. The van der Waals surface area contributed by atoms with E-state index in [1.165, 1.54) is 0 Å². The predicted octanol–water partition coefficient (Wildman–Crippen LogP) is 1.90. The summed E-state index contributed by atoms with van der Waals surface area (Å²) in [5, 5.41) is 17.1. The summed E-state index contributed by atoms with van der Waals surface area (Å²) in [4.78, 5) is 0. The number of rotatable bonds is 2. The first-order valence-electron chi connectivity index (χ1n) is 4.30. The predicted molar refractivity (Wildman–Crippen MR) is 54.2 cm³/mol. The van der Waals surface area contributed by atoms with Crippen LogP contribution in [0.5, 0.6) is 0 Å². The molecule has 0 fully saturated rings. The van der Waals surface area contributed by atoms with Crippen molar-refractivity contribution in [2.24, 2.45) is 0 Å². The number of hydrogen-bond donors (Lipinski definition) is 2. The van der Waals surface area contributed by atoms with Gasteiger partial charge in [0.1, 0.15) is 5.69 Å². The van der Waals surface area contributed by atoms with Crippen molar-refractivity contribution in [3.63, 3.8) is 0 Å². The van der Waals surface area contributed by atoms with Crippen LogP contribution in [0.15, 0.2) is 36.5 Å². The molecule has 0 spiro atoms. The minimum Gasteiger partial charge on any atom is -0.289 e. The fourth-order valence-electron chi connectivity index (χ4n) is 1.34.